The Morgan fingerprint density at radius 3 is 2.08 bits per heavy atom. The molecule has 26 heavy (non-hydrogen) atoms. The zero-order valence-corrected chi connectivity index (χ0v) is 16.5. The van der Waals surface area contributed by atoms with Crippen LogP contribution < -0.4 is 0 Å². The van der Waals surface area contributed by atoms with E-state index in [-0.39, 0.29) is 24.2 Å². The van der Waals surface area contributed by atoms with Crippen LogP contribution in [0.2, 0.25) is 0 Å². The van der Waals surface area contributed by atoms with Gasteiger partial charge in [0, 0.05) is 12.8 Å². The topological polar surface area (TPSA) is 59.1 Å². The number of hydroxylamine groups is 2. The lowest BCUT2D eigenvalue weighted by atomic mass is 10.0. The maximum absolute atomic E-state index is 11.9. The second kappa shape index (κ2) is 12.3. The standard InChI is InChI=1S/C21H37NO4/c1-2-3-4-5-6-7-8-9-10-11-12-13-14-15-20(24)26-22-19(23)17-16-18-21(22)25-18/h18,21H,2-17H2,1H3. The third-order valence-electron chi connectivity index (χ3n) is 5.36. The molecule has 2 aliphatic heterocycles. The molecule has 150 valence electrons. The van der Waals surface area contributed by atoms with Gasteiger partial charge >= 0.3 is 5.97 Å². The quantitative estimate of drug-likeness (QED) is 0.292. The molecular weight excluding hydrogens is 330 g/mol. The summed E-state index contributed by atoms with van der Waals surface area (Å²) in [4.78, 5) is 28.8. The zero-order chi connectivity index (χ0) is 18.6. The van der Waals surface area contributed by atoms with E-state index >= 15 is 0 Å². The lowest BCUT2D eigenvalue weighted by Crippen LogP contribution is -2.39. The van der Waals surface area contributed by atoms with Crippen LogP contribution in [0.25, 0.3) is 0 Å². The summed E-state index contributed by atoms with van der Waals surface area (Å²) in [5, 5.41) is 1.15. The Bertz CT molecular complexity index is 426. The molecule has 0 radical (unpaired) electrons. The third kappa shape index (κ3) is 8.07. The van der Waals surface area contributed by atoms with E-state index < -0.39 is 0 Å². The second-order valence-corrected chi connectivity index (χ2v) is 7.78. The highest BCUT2D eigenvalue weighted by Gasteiger charge is 2.51. The number of carbonyl (C=O) groups is 2. The summed E-state index contributed by atoms with van der Waals surface area (Å²) in [7, 11) is 0. The molecule has 5 nitrogen and oxygen atoms in total. The summed E-state index contributed by atoms with van der Waals surface area (Å²) >= 11 is 0. The number of fused-ring (bicyclic) bond motifs is 1. The molecule has 0 saturated carbocycles. The largest absolute Gasteiger partial charge is 0.344 e. The van der Waals surface area contributed by atoms with Gasteiger partial charge in [0.2, 0.25) is 0 Å². The predicted octanol–water partition coefficient (Wildman–Crippen LogP) is 5.27. The van der Waals surface area contributed by atoms with Gasteiger partial charge in [0.1, 0.15) is 6.10 Å². The van der Waals surface area contributed by atoms with Crippen molar-refractivity contribution in [2.45, 2.75) is 122 Å². The molecule has 2 heterocycles. The van der Waals surface area contributed by atoms with E-state index in [0.717, 1.165) is 24.3 Å². The summed E-state index contributed by atoms with van der Waals surface area (Å²) in [6.45, 7) is 2.26. The molecular formula is C21H37NO4. The number of piperidine rings is 1. The van der Waals surface area contributed by atoms with E-state index in [4.69, 9.17) is 9.57 Å². The summed E-state index contributed by atoms with van der Waals surface area (Å²) in [5.74, 6) is -0.444. The Morgan fingerprint density at radius 1 is 0.962 bits per heavy atom. The van der Waals surface area contributed by atoms with Crippen molar-refractivity contribution in [3.8, 4) is 0 Å². The van der Waals surface area contributed by atoms with Gasteiger partial charge in [-0.1, -0.05) is 84.0 Å². The molecule has 2 rings (SSSR count). The average Bonchev–Trinajstić information content (AvgIpc) is 3.41. The SMILES string of the molecule is CCCCCCCCCCCCCCCC(=O)ON1C(=O)CCC2OC21. The fraction of sp³-hybridized carbons (Fsp3) is 0.905. The van der Waals surface area contributed by atoms with Crippen LogP contribution in [0.5, 0.6) is 0 Å². The van der Waals surface area contributed by atoms with Crippen LogP contribution in [-0.4, -0.2) is 29.3 Å². The smallest absolute Gasteiger partial charge is 0.332 e. The molecule has 0 aromatic rings. The molecule has 0 spiro atoms. The molecule has 5 heteroatoms. The van der Waals surface area contributed by atoms with Crippen molar-refractivity contribution in [1.82, 2.24) is 5.06 Å². The highest BCUT2D eigenvalue weighted by atomic mass is 16.8. The molecule has 2 atom stereocenters. The van der Waals surface area contributed by atoms with Gasteiger partial charge in [0.25, 0.3) is 5.91 Å². The lowest BCUT2D eigenvalue weighted by Gasteiger charge is -2.21. The highest BCUT2D eigenvalue weighted by Crippen LogP contribution is 2.35. The van der Waals surface area contributed by atoms with Gasteiger partial charge in [-0.3, -0.25) is 4.79 Å². The first-order chi connectivity index (χ1) is 12.7. The summed E-state index contributed by atoms with van der Waals surface area (Å²) in [5.41, 5.74) is 0. The molecule has 1 amide bonds. The van der Waals surface area contributed by atoms with Crippen molar-refractivity contribution < 1.29 is 19.2 Å². The summed E-state index contributed by atoms with van der Waals surface area (Å²) < 4.78 is 5.31. The monoisotopic (exact) mass is 367 g/mol. The lowest BCUT2D eigenvalue weighted by molar-refractivity contribution is -0.208. The first-order valence-electron chi connectivity index (χ1n) is 10.9. The average molecular weight is 368 g/mol. The van der Waals surface area contributed by atoms with E-state index in [1.54, 1.807) is 0 Å². The van der Waals surface area contributed by atoms with Crippen molar-refractivity contribution in [3.63, 3.8) is 0 Å². The zero-order valence-electron chi connectivity index (χ0n) is 16.5. The van der Waals surface area contributed by atoms with Gasteiger partial charge in [0.05, 0.1) is 0 Å². The van der Waals surface area contributed by atoms with Crippen molar-refractivity contribution in [2.75, 3.05) is 0 Å². The van der Waals surface area contributed by atoms with Gasteiger partial charge in [-0.15, -0.1) is 5.06 Å². The van der Waals surface area contributed by atoms with Gasteiger partial charge in [-0.25, -0.2) is 4.79 Å². The third-order valence-corrected chi connectivity index (χ3v) is 5.36. The number of carbonyl (C=O) groups excluding carboxylic acids is 2. The predicted molar refractivity (Wildman–Crippen MR) is 101 cm³/mol. The van der Waals surface area contributed by atoms with Crippen LogP contribution in [-0.2, 0) is 19.2 Å². The molecule has 0 aliphatic carbocycles. The number of unbranched alkanes of at least 4 members (excludes halogenated alkanes) is 12. The number of ether oxygens (including phenoxy) is 1. The second-order valence-electron chi connectivity index (χ2n) is 7.78. The van der Waals surface area contributed by atoms with Gasteiger partial charge in [0.15, 0.2) is 6.23 Å². The van der Waals surface area contributed by atoms with E-state index in [1.807, 2.05) is 0 Å². The van der Waals surface area contributed by atoms with Gasteiger partial charge in [-0.05, 0) is 12.8 Å². The number of hydrogen-bond donors (Lipinski definition) is 0. The van der Waals surface area contributed by atoms with E-state index in [0.29, 0.717) is 12.8 Å². The normalized spacial score (nSPS) is 21.6. The fourth-order valence-electron chi connectivity index (χ4n) is 3.61. The van der Waals surface area contributed by atoms with E-state index in [9.17, 15) is 9.59 Å². The minimum atomic E-state index is -0.313. The maximum atomic E-state index is 11.9. The van der Waals surface area contributed by atoms with Crippen LogP contribution >= 0.6 is 0 Å². The summed E-state index contributed by atoms with van der Waals surface area (Å²) in [6.07, 6.45) is 18.0. The van der Waals surface area contributed by atoms with Crippen molar-refractivity contribution >= 4 is 11.9 Å². The Labute approximate surface area is 158 Å². The van der Waals surface area contributed by atoms with Crippen LogP contribution in [0.4, 0.5) is 0 Å². The van der Waals surface area contributed by atoms with Crippen LogP contribution in [0, 0.1) is 0 Å². The Kier molecular flexibility index (Phi) is 10.0. The fourth-order valence-corrected chi connectivity index (χ4v) is 3.61. The minimum absolute atomic E-state index is 0.0804. The maximum Gasteiger partial charge on any atom is 0.332 e. The van der Waals surface area contributed by atoms with Crippen molar-refractivity contribution in [3.05, 3.63) is 0 Å². The first kappa shape index (κ1) is 21.2. The highest BCUT2D eigenvalue weighted by molar-refractivity contribution is 5.79. The van der Waals surface area contributed by atoms with Crippen LogP contribution in [0.15, 0.2) is 0 Å². The van der Waals surface area contributed by atoms with Crippen molar-refractivity contribution in [2.24, 2.45) is 0 Å². The van der Waals surface area contributed by atoms with E-state index in [1.165, 1.54) is 70.6 Å². The molecule has 0 aromatic carbocycles. The Balaban J connectivity index is 1.34. The number of epoxide rings is 1. The van der Waals surface area contributed by atoms with Crippen molar-refractivity contribution in [1.29, 1.82) is 0 Å². The first-order valence-corrected chi connectivity index (χ1v) is 10.9. The number of nitrogens with zero attached hydrogens (tertiary/aromatic N) is 1. The van der Waals surface area contributed by atoms with Crippen LogP contribution in [0.1, 0.15) is 110 Å². The molecule has 0 N–H and O–H groups in total. The number of rotatable bonds is 15. The summed E-state index contributed by atoms with van der Waals surface area (Å²) in [6, 6.07) is 0. The molecule has 2 unspecified atom stereocenters. The number of amides is 1. The Morgan fingerprint density at radius 2 is 1.50 bits per heavy atom. The van der Waals surface area contributed by atoms with Gasteiger partial charge in [-0.2, -0.15) is 0 Å². The molecule has 0 bridgehead atoms. The number of hydrogen-bond acceptors (Lipinski definition) is 4. The minimum Gasteiger partial charge on any atom is -0.344 e. The molecule has 2 saturated heterocycles. The van der Waals surface area contributed by atoms with Gasteiger partial charge < -0.3 is 9.57 Å². The Hall–Kier alpha value is -1.10. The molecule has 2 aliphatic rings. The van der Waals surface area contributed by atoms with E-state index in [2.05, 4.69) is 6.92 Å². The molecule has 2 fully saturated rings. The van der Waals surface area contributed by atoms with Crippen LogP contribution in [0.3, 0.4) is 0 Å². The molecule has 0 aromatic heterocycles.